The number of nitrogens with zero attached hydrogens (tertiary/aromatic N) is 2. The predicted octanol–water partition coefficient (Wildman–Crippen LogP) is 2.66. The number of anilines is 1. The Kier molecular flexibility index (Phi) is 7.79. The molecule has 1 amide bonds. The normalized spacial score (nSPS) is 9.90. The average molecular weight is 391 g/mol. The van der Waals surface area contributed by atoms with Crippen molar-refractivity contribution in [1.29, 1.82) is 10.5 Å². The van der Waals surface area contributed by atoms with Crippen LogP contribution >= 0.6 is 0 Å². The molecule has 0 aliphatic rings. The lowest BCUT2D eigenvalue weighted by Gasteiger charge is -2.09. The molecule has 0 fully saturated rings. The number of nitrogens with one attached hydrogen (secondary N) is 1. The van der Waals surface area contributed by atoms with E-state index in [1.54, 1.807) is 42.5 Å². The van der Waals surface area contributed by atoms with Gasteiger partial charge in [-0.15, -0.1) is 0 Å². The highest BCUT2D eigenvalue weighted by Crippen LogP contribution is 2.28. The lowest BCUT2D eigenvalue weighted by molar-refractivity contribution is -0.142. The summed E-state index contributed by atoms with van der Waals surface area (Å²) >= 11 is 0. The standard InChI is InChI=1S/C21H17N3O5/c1-27-19-12-15(6-8-18(19)28-11-10-22)7-9-21(26)29-14-20(25)24-17-5-3-2-4-16(17)13-23/h2-9,12H,11,14H2,1H3,(H,24,25). The number of hydrogen-bond donors (Lipinski definition) is 1. The molecule has 0 radical (unpaired) electrons. The lowest BCUT2D eigenvalue weighted by Crippen LogP contribution is -2.20. The number of hydrogen-bond acceptors (Lipinski definition) is 7. The number of amides is 1. The van der Waals surface area contributed by atoms with E-state index in [1.807, 2.05) is 12.1 Å². The maximum Gasteiger partial charge on any atom is 0.331 e. The van der Waals surface area contributed by atoms with Gasteiger partial charge in [0.1, 0.15) is 12.1 Å². The summed E-state index contributed by atoms with van der Waals surface area (Å²) < 4.78 is 15.3. The fraction of sp³-hybridized carbons (Fsp3) is 0.143. The van der Waals surface area contributed by atoms with Crippen LogP contribution < -0.4 is 14.8 Å². The van der Waals surface area contributed by atoms with Crippen LogP contribution in [0.3, 0.4) is 0 Å². The summed E-state index contributed by atoms with van der Waals surface area (Å²) in [5, 5.41) is 20.1. The Balaban J connectivity index is 1.90. The van der Waals surface area contributed by atoms with E-state index < -0.39 is 18.5 Å². The van der Waals surface area contributed by atoms with E-state index in [9.17, 15) is 9.59 Å². The second-order valence-electron chi connectivity index (χ2n) is 5.50. The molecule has 0 aliphatic heterocycles. The van der Waals surface area contributed by atoms with Gasteiger partial charge >= 0.3 is 5.97 Å². The molecule has 0 aliphatic carbocycles. The topological polar surface area (TPSA) is 121 Å². The maximum atomic E-state index is 11.9. The van der Waals surface area contributed by atoms with E-state index in [1.165, 1.54) is 19.3 Å². The van der Waals surface area contributed by atoms with Crippen LogP contribution in [0, 0.1) is 22.7 Å². The molecule has 0 bridgehead atoms. The molecular formula is C21H17N3O5. The van der Waals surface area contributed by atoms with Crippen LogP contribution in [0.4, 0.5) is 5.69 Å². The zero-order valence-corrected chi connectivity index (χ0v) is 15.5. The number of benzene rings is 2. The van der Waals surface area contributed by atoms with E-state index in [0.29, 0.717) is 28.3 Å². The Bertz CT molecular complexity index is 1000. The van der Waals surface area contributed by atoms with Crippen LogP contribution in [-0.2, 0) is 14.3 Å². The van der Waals surface area contributed by atoms with Crippen molar-refractivity contribution in [2.45, 2.75) is 0 Å². The Morgan fingerprint density at radius 2 is 1.93 bits per heavy atom. The van der Waals surface area contributed by atoms with Crippen LogP contribution in [0.1, 0.15) is 11.1 Å². The minimum atomic E-state index is -0.711. The zero-order valence-electron chi connectivity index (χ0n) is 15.5. The molecule has 0 saturated heterocycles. The molecule has 2 aromatic rings. The molecular weight excluding hydrogens is 374 g/mol. The monoisotopic (exact) mass is 391 g/mol. The van der Waals surface area contributed by atoms with Crippen LogP contribution in [0.2, 0.25) is 0 Å². The first kappa shape index (κ1) is 21.0. The third-order valence-electron chi connectivity index (χ3n) is 3.56. The number of rotatable bonds is 8. The third-order valence-corrected chi connectivity index (χ3v) is 3.56. The largest absolute Gasteiger partial charge is 0.493 e. The number of nitriles is 2. The molecule has 29 heavy (non-hydrogen) atoms. The van der Waals surface area contributed by atoms with Gasteiger partial charge in [-0.25, -0.2) is 4.79 Å². The summed E-state index contributed by atoms with van der Waals surface area (Å²) in [6.07, 6.45) is 2.66. The van der Waals surface area contributed by atoms with Gasteiger partial charge in [0.2, 0.25) is 0 Å². The quantitative estimate of drug-likeness (QED) is 0.542. The SMILES string of the molecule is COc1cc(C=CC(=O)OCC(=O)Nc2ccccc2C#N)ccc1OCC#N. The molecule has 8 heteroatoms. The van der Waals surface area contributed by atoms with Crippen molar-refractivity contribution in [2.24, 2.45) is 0 Å². The van der Waals surface area contributed by atoms with Gasteiger partial charge in [-0.3, -0.25) is 4.79 Å². The molecule has 0 aromatic heterocycles. The summed E-state index contributed by atoms with van der Waals surface area (Å²) in [6, 6.07) is 15.2. The molecule has 0 unspecified atom stereocenters. The van der Waals surface area contributed by atoms with Crippen molar-refractivity contribution in [3.05, 3.63) is 59.7 Å². The summed E-state index contributed by atoms with van der Waals surface area (Å²) in [7, 11) is 1.46. The Morgan fingerprint density at radius 3 is 2.66 bits per heavy atom. The second kappa shape index (κ2) is 10.8. The van der Waals surface area contributed by atoms with Gasteiger partial charge < -0.3 is 19.5 Å². The number of carbonyl (C=O) groups is 2. The van der Waals surface area contributed by atoms with E-state index in [-0.39, 0.29) is 6.61 Å². The number of ether oxygens (including phenoxy) is 3. The van der Waals surface area contributed by atoms with E-state index in [0.717, 1.165) is 0 Å². The van der Waals surface area contributed by atoms with Crippen LogP contribution in [0.5, 0.6) is 11.5 Å². The first-order valence-electron chi connectivity index (χ1n) is 8.39. The first-order valence-corrected chi connectivity index (χ1v) is 8.39. The van der Waals surface area contributed by atoms with E-state index >= 15 is 0 Å². The number of para-hydroxylation sites is 1. The number of carbonyl (C=O) groups excluding carboxylic acids is 2. The highest BCUT2D eigenvalue weighted by molar-refractivity contribution is 5.95. The highest BCUT2D eigenvalue weighted by atomic mass is 16.5. The summed E-state index contributed by atoms with van der Waals surface area (Å²) in [5.41, 5.74) is 1.29. The van der Waals surface area contributed by atoms with Gasteiger partial charge in [0.05, 0.1) is 18.4 Å². The first-order chi connectivity index (χ1) is 14.1. The van der Waals surface area contributed by atoms with Crippen LogP contribution in [-0.4, -0.2) is 32.2 Å². The third kappa shape index (κ3) is 6.42. The van der Waals surface area contributed by atoms with Gasteiger partial charge in [-0.05, 0) is 35.9 Å². The molecule has 0 spiro atoms. The fourth-order valence-electron chi connectivity index (χ4n) is 2.24. The van der Waals surface area contributed by atoms with Crippen molar-refractivity contribution < 1.29 is 23.8 Å². The van der Waals surface area contributed by atoms with Gasteiger partial charge in [0, 0.05) is 6.08 Å². The molecule has 0 atom stereocenters. The smallest absolute Gasteiger partial charge is 0.331 e. The molecule has 146 valence electrons. The van der Waals surface area contributed by atoms with Crippen LogP contribution in [0.25, 0.3) is 6.08 Å². The molecule has 2 rings (SSSR count). The van der Waals surface area contributed by atoms with Crippen molar-refractivity contribution >= 4 is 23.6 Å². The maximum absolute atomic E-state index is 11.9. The van der Waals surface area contributed by atoms with Crippen molar-refractivity contribution in [1.82, 2.24) is 0 Å². The number of methoxy groups -OCH3 is 1. The Morgan fingerprint density at radius 1 is 1.14 bits per heavy atom. The predicted molar refractivity (Wildman–Crippen MR) is 104 cm³/mol. The zero-order chi connectivity index (χ0) is 21.1. The molecule has 0 heterocycles. The van der Waals surface area contributed by atoms with Crippen LogP contribution in [0.15, 0.2) is 48.5 Å². The minimum Gasteiger partial charge on any atom is -0.493 e. The molecule has 8 nitrogen and oxygen atoms in total. The summed E-state index contributed by atoms with van der Waals surface area (Å²) in [4.78, 5) is 23.7. The summed E-state index contributed by atoms with van der Waals surface area (Å²) in [5.74, 6) is -0.456. The second-order valence-corrected chi connectivity index (χ2v) is 5.50. The molecule has 1 N–H and O–H groups in total. The van der Waals surface area contributed by atoms with Crippen molar-refractivity contribution in [3.8, 4) is 23.6 Å². The van der Waals surface area contributed by atoms with Gasteiger partial charge in [0.25, 0.3) is 5.91 Å². The Hall–Kier alpha value is -4.30. The molecule has 2 aromatic carbocycles. The van der Waals surface area contributed by atoms with E-state index in [4.69, 9.17) is 24.7 Å². The van der Waals surface area contributed by atoms with Gasteiger partial charge in [-0.1, -0.05) is 18.2 Å². The lowest BCUT2D eigenvalue weighted by atomic mass is 10.2. The van der Waals surface area contributed by atoms with E-state index in [2.05, 4.69) is 5.32 Å². The van der Waals surface area contributed by atoms with Crippen molar-refractivity contribution in [2.75, 3.05) is 25.6 Å². The van der Waals surface area contributed by atoms with Crippen molar-refractivity contribution in [3.63, 3.8) is 0 Å². The Labute approximate surface area is 167 Å². The van der Waals surface area contributed by atoms with Gasteiger partial charge in [-0.2, -0.15) is 10.5 Å². The number of esters is 1. The van der Waals surface area contributed by atoms with Gasteiger partial charge in [0.15, 0.2) is 24.7 Å². The fourth-order valence-corrected chi connectivity index (χ4v) is 2.24. The summed E-state index contributed by atoms with van der Waals surface area (Å²) in [6.45, 7) is -0.605. The average Bonchev–Trinajstić information content (AvgIpc) is 2.75. The highest BCUT2D eigenvalue weighted by Gasteiger charge is 2.09. The minimum absolute atomic E-state index is 0.112. The molecule has 0 saturated carbocycles.